The van der Waals surface area contributed by atoms with Crippen molar-refractivity contribution in [1.82, 2.24) is 4.90 Å². The van der Waals surface area contributed by atoms with E-state index in [1.54, 1.807) is 0 Å². The summed E-state index contributed by atoms with van der Waals surface area (Å²) in [6.45, 7) is 8.40. The van der Waals surface area contributed by atoms with E-state index in [1.807, 2.05) is 24.3 Å². The van der Waals surface area contributed by atoms with Crippen LogP contribution < -0.4 is 4.74 Å². The fraction of sp³-hybridized carbons (Fsp3) is 0.538. The van der Waals surface area contributed by atoms with E-state index < -0.39 is 0 Å². The zero-order valence-electron chi connectivity index (χ0n) is 10.1. The number of benzene rings is 1. The van der Waals surface area contributed by atoms with E-state index in [-0.39, 0.29) is 0 Å². The van der Waals surface area contributed by atoms with Crippen molar-refractivity contribution >= 4 is 15.9 Å². The van der Waals surface area contributed by atoms with Gasteiger partial charge in [0.2, 0.25) is 0 Å². The molecule has 0 radical (unpaired) electrons. The Kier molecular flexibility index (Phi) is 6.50. The number of nitrogens with zero attached hydrogens (tertiary/aromatic N) is 1. The Balaban J connectivity index is 2.26. The monoisotopic (exact) mass is 285 g/mol. The van der Waals surface area contributed by atoms with Crippen molar-refractivity contribution in [2.75, 3.05) is 26.2 Å². The van der Waals surface area contributed by atoms with Crippen LogP contribution in [0.3, 0.4) is 0 Å². The Bertz CT molecular complexity index is 286. The van der Waals surface area contributed by atoms with Crippen LogP contribution in [-0.2, 0) is 0 Å². The van der Waals surface area contributed by atoms with Crippen molar-refractivity contribution in [3.05, 3.63) is 28.7 Å². The quantitative estimate of drug-likeness (QED) is 0.760. The van der Waals surface area contributed by atoms with Gasteiger partial charge < -0.3 is 9.64 Å². The zero-order chi connectivity index (χ0) is 11.8. The van der Waals surface area contributed by atoms with Gasteiger partial charge in [-0.2, -0.15) is 0 Å². The number of rotatable bonds is 7. The molecule has 16 heavy (non-hydrogen) atoms. The molecule has 3 heteroatoms. The Morgan fingerprint density at radius 3 is 2.38 bits per heavy atom. The predicted molar refractivity (Wildman–Crippen MR) is 72.0 cm³/mol. The average molecular weight is 286 g/mol. The molecule has 0 atom stereocenters. The fourth-order valence-corrected chi connectivity index (χ4v) is 1.83. The lowest BCUT2D eigenvalue weighted by Crippen LogP contribution is -2.28. The lowest BCUT2D eigenvalue weighted by atomic mass is 10.3. The second kappa shape index (κ2) is 7.69. The lowest BCUT2D eigenvalue weighted by molar-refractivity contribution is 0.216. The van der Waals surface area contributed by atoms with Crippen molar-refractivity contribution in [2.24, 2.45) is 0 Å². The van der Waals surface area contributed by atoms with Crippen LogP contribution in [0, 0.1) is 0 Å². The third-order valence-corrected chi connectivity index (χ3v) is 3.01. The number of halogens is 1. The first-order chi connectivity index (χ1) is 7.76. The van der Waals surface area contributed by atoms with Gasteiger partial charge in [-0.15, -0.1) is 0 Å². The van der Waals surface area contributed by atoms with E-state index in [9.17, 15) is 0 Å². The van der Waals surface area contributed by atoms with E-state index in [0.717, 1.165) is 36.5 Å². The van der Waals surface area contributed by atoms with Gasteiger partial charge in [0.1, 0.15) is 12.4 Å². The van der Waals surface area contributed by atoms with Gasteiger partial charge in [0, 0.05) is 11.0 Å². The topological polar surface area (TPSA) is 12.5 Å². The number of ether oxygens (including phenoxy) is 1. The van der Waals surface area contributed by atoms with Crippen LogP contribution in [0.5, 0.6) is 5.75 Å². The summed E-state index contributed by atoms with van der Waals surface area (Å²) in [6, 6.07) is 7.97. The Labute approximate surface area is 107 Å². The molecule has 0 N–H and O–H groups in total. The maximum absolute atomic E-state index is 5.68. The fourth-order valence-electron chi connectivity index (χ4n) is 1.57. The third-order valence-electron chi connectivity index (χ3n) is 2.48. The van der Waals surface area contributed by atoms with Gasteiger partial charge in [0.25, 0.3) is 0 Å². The van der Waals surface area contributed by atoms with Gasteiger partial charge >= 0.3 is 0 Å². The molecule has 0 bridgehead atoms. The molecule has 1 aromatic carbocycles. The van der Waals surface area contributed by atoms with Crippen molar-refractivity contribution in [3.8, 4) is 5.75 Å². The first-order valence-corrected chi connectivity index (χ1v) is 6.66. The molecule has 1 rings (SSSR count). The Morgan fingerprint density at radius 1 is 1.12 bits per heavy atom. The minimum atomic E-state index is 0.759. The van der Waals surface area contributed by atoms with Crippen molar-refractivity contribution in [3.63, 3.8) is 0 Å². The van der Waals surface area contributed by atoms with Gasteiger partial charge in [-0.3, -0.25) is 0 Å². The summed E-state index contributed by atoms with van der Waals surface area (Å²) in [5.41, 5.74) is 0. The molecule has 0 aromatic heterocycles. The highest BCUT2D eigenvalue weighted by atomic mass is 79.9. The number of hydrogen-bond donors (Lipinski definition) is 0. The first-order valence-electron chi connectivity index (χ1n) is 5.87. The van der Waals surface area contributed by atoms with Gasteiger partial charge in [-0.25, -0.2) is 0 Å². The molecular formula is C13H20BrNO. The second-order valence-corrected chi connectivity index (χ2v) is 4.65. The minimum Gasteiger partial charge on any atom is -0.492 e. The standard InChI is InChI=1S/C13H20BrNO/c1-3-9-15(4-2)10-11-16-13-7-5-12(14)6-8-13/h5-8H,3-4,9-11H2,1-2H3. The van der Waals surface area contributed by atoms with E-state index in [0.29, 0.717) is 0 Å². The van der Waals surface area contributed by atoms with Crippen LogP contribution in [-0.4, -0.2) is 31.1 Å². The summed E-state index contributed by atoms with van der Waals surface area (Å²) in [5.74, 6) is 0.941. The maximum atomic E-state index is 5.68. The zero-order valence-corrected chi connectivity index (χ0v) is 11.7. The van der Waals surface area contributed by atoms with Crippen LogP contribution in [0.2, 0.25) is 0 Å². The summed E-state index contributed by atoms with van der Waals surface area (Å²) < 4.78 is 6.76. The molecule has 90 valence electrons. The van der Waals surface area contributed by atoms with Crippen molar-refractivity contribution in [1.29, 1.82) is 0 Å². The molecule has 1 aromatic rings. The Hall–Kier alpha value is -0.540. The van der Waals surface area contributed by atoms with Crippen molar-refractivity contribution in [2.45, 2.75) is 20.3 Å². The van der Waals surface area contributed by atoms with Crippen LogP contribution in [0.15, 0.2) is 28.7 Å². The van der Waals surface area contributed by atoms with Crippen LogP contribution in [0.1, 0.15) is 20.3 Å². The SMILES string of the molecule is CCCN(CC)CCOc1ccc(Br)cc1. The van der Waals surface area contributed by atoms with E-state index in [4.69, 9.17) is 4.74 Å². The molecule has 0 amide bonds. The van der Waals surface area contributed by atoms with E-state index >= 15 is 0 Å². The molecule has 0 aliphatic carbocycles. The molecule has 0 saturated carbocycles. The van der Waals surface area contributed by atoms with Crippen molar-refractivity contribution < 1.29 is 4.74 Å². The molecular weight excluding hydrogens is 266 g/mol. The summed E-state index contributed by atoms with van der Waals surface area (Å²) in [6.07, 6.45) is 1.20. The molecule has 0 heterocycles. The highest BCUT2D eigenvalue weighted by molar-refractivity contribution is 9.10. The average Bonchev–Trinajstić information content (AvgIpc) is 2.30. The Morgan fingerprint density at radius 2 is 1.81 bits per heavy atom. The number of likely N-dealkylation sites (N-methyl/N-ethyl adjacent to an activating group) is 1. The summed E-state index contributed by atoms with van der Waals surface area (Å²) in [5, 5.41) is 0. The van der Waals surface area contributed by atoms with E-state index in [2.05, 4.69) is 34.7 Å². The molecule has 0 spiro atoms. The maximum Gasteiger partial charge on any atom is 0.119 e. The van der Waals surface area contributed by atoms with E-state index in [1.165, 1.54) is 6.42 Å². The molecule has 0 aliphatic heterocycles. The molecule has 0 unspecified atom stereocenters. The molecule has 2 nitrogen and oxygen atoms in total. The highest BCUT2D eigenvalue weighted by Gasteiger charge is 2.00. The van der Waals surface area contributed by atoms with Gasteiger partial charge in [0.05, 0.1) is 0 Å². The molecule has 0 fully saturated rings. The summed E-state index contributed by atoms with van der Waals surface area (Å²) in [7, 11) is 0. The van der Waals surface area contributed by atoms with Crippen LogP contribution in [0.4, 0.5) is 0 Å². The van der Waals surface area contributed by atoms with Crippen LogP contribution >= 0.6 is 15.9 Å². The van der Waals surface area contributed by atoms with Gasteiger partial charge in [-0.1, -0.05) is 29.8 Å². The third kappa shape index (κ3) is 4.99. The molecule has 0 aliphatic rings. The number of hydrogen-bond acceptors (Lipinski definition) is 2. The van der Waals surface area contributed by atoms with Gasteiger partial charge in [-0.05, 0) is 43.8 Å². The summed E-state index contributed by atoms with van der Waals surface area (Å²) in [4.78, 5) is 2.40. The molecule has 0 saturated heterocycles. The predicted octanol–water partition coefficient (Wildman–Crippen LogP) is 3.56. The highest BCUT2D eigenvalue weighted by Crippen LogP contribution is 2.15. The minimum absolute atomic E-state index is 0.759. The second-order valence-electron chi connectivity index (χ2n) is 3.74. The normalized spacial score (nSPS) is 10.8. The van der Waals surface area contributed by atoms with Crippen LogP contribution in [0.25, 0.3) is 0 Å². The first kappa shape index (κ1) is 13.5. The largest absolute Gasteiger partial charge is 0.492 e. The smallest absolute Gasteiger partial charge is 0.119 e. The summed E-state index contributed by atoms with van der Waals surface area (Å²) >= 11 is 3.40. The van der Waals surface area contributed by atoms with Gasteiger partial charge in [0.15, 0.2) is 0 Å². The lowest BCUT2D eigenvalue weighted by Gasteiger charge is -2.19.